The van der Waals surface area contributed by atoms with Gasteiger partial charge in [-0.1, -0.05) is 11.2 Å². The Bertz CT molecular complexity index is 1360. The molecule has 0 unspecified atom stereocenters. The molecule has 1 aromatic carbocycles. The number of aryl methyl sites for hydroxylation is 3. The maximum atomic E-state index is 13.3. The summed E-state index contributed by atoms with van der Waals surface area (Å²) < 4.78 is 55.3. The SMILES string of the molecule is [2H]c1c(C)ccc2c(C3CCN(CCc4c(C([2H])([2H])[2H])nc5n(c4=O)CCCC5([2H])[2H])CC3)noc12. The molecule has 0 saturated carbocycles. The monoisotopic (exact) mass is 412 g/mol. The van der Waals surface area contributed by atoms with Crippen molar-refractivity contribution in [3.63, 3.8) is 0 Å². The van der Waals surface area contributed by atoms with Crippen molar-refractivity contribution in [1.29, 1.82) is 0 Å². The second-order valence-electron chi connectivity index (χ2n) is 8.32. The Kier molecular flexibility index (Phi) is 3.66. The molecular formula is C24H30N4O2. The largest absolute Gasteiger partial charge is 0.356 e. The van der Waals surface area contributed by atoms with E-state index in [-0.39, 0.29) is 35.8 Å². The van der Waals surface area contributed by atoms with Crippen LogP contribution in [0, 0.1) is 13.8 Å². The molecule has 1 saturated heterocycles. The predicted octanol–water partition coefficient (Wildman–Crippen LogP) is 3.76. The van der Waals surface area contributed by atoms with Crippen LogP contribution >= 0.6 is 0 Å². The normalized spacial score (nSPS) is 23.1. The minimum atomic E-state index is -2.59. The van der Waals surface area contributed by atoms with Crippen LogP contribution in [-0.4, -0.2) is 39.2 Å². The molecular weight excluding hydrogens is 376 g/mol. The molecule has 3 aromatic rings. The van der Waals surface area contributed by atoms with Gasteiger partial charge in [-0.3, -0.25) is 9.36 Å². The molecule has 0 bridgehead atoms. The van der Waals surface area contributed by atoms with Gasteiger partial charge in [0.15, 0.2) is 5.58 Å². The van der Waals surface area contributed by atoms with Crippen LogP contribution in [-0.2, 0) is 19.3 Å². The van der Waals surface area contributed by atoms with E-state index < -0.39 is 18.8 Å². The molecule has 4 heterocycles. The lowest BCUT2D eigenvalue weighted by Gasteiger charge is -2.31. The van der Waals surface area contributed by atoms with Crippen molar-refractivity contribution in [3.8, 4) is 0 Å². The topological polar surface area (TPSA) is 64.2 Å². The Labute approximate surface area is 185 Å². The average Bonchev–Trinajstić information content (AvgIpc) is 3.25. The lowest BCUT2D eigenvalue weighted by atomic mass is 9.91. The molecule has 158 valence electrons. The second kappa shape index (κ2) is 7.99. The fourth-order valence-corrected chi connectivity index (χ4v) is 4.58. The number of benzene rings is 1. The van der Waals surface area contributed by atoms with E-state index in [1.54, 1.807) is 0 Å². The summed E-state index contributed by atoms with van der Waals surface area (Å²) in [4.78, 5) is 19.7. The van der Waals surface area contributed by atoms with Crippen molar-refractivity contribution < 1.29 is 12.7 Å². The molecule has 6 nitrogen and oxygen atoms in total. The number of rotatable bonds is 4. The number of nitrogens with zero attached hydrogens (tertiary/aromatic N) is 4. The average molecular weight is 413 g/mol. The van der Waals surface area contributed by atoms with E-state index in [0.29, 0.717) is 31.1 Å². The van der Waals surface area contributed by atoms with Crippen LogP contribution in [0.1, 0.15) is 68.2 Å². The molecule has 1 fully saturated rings. The molecule has 0 radical (unpaired) electrons. The predicted molar refractivity (Wildman–Crippen MR) is 117 cm³/mol. The third-order valence-corrected chi connectivity index (χ3v) is 6.32. The maximum Gasteiger partial charge on any atom is 0.256 e. The zero-order chi connectivity index (χ0) is 25.8. The number of piperidine rings is 1. The Morgan fingerprint density at radius 2 is 2.17 bits per heavy atom. The number of aromatic nitrogens is 3. The second-order valence-corrected chi connectivity index (χ2v) is 8.32. The highest BCUT2D eigenvalue weighted by atomic mass is 16.5. The van der Waals surface area contributed by atoms with Gasteiger partial charge in [0.1, 0.15) is 5.82 Å². The Hall–Kier alpha value is -2.47. The lowest BCUT2D eigenvalue weighted by molar-refractivity contribution is 0.211. The maximum absolute atomic E-state index is 13.3. The highest BCUT2D eigenvalue weighted by molar-refractivity contribution is 5.80. The van der Waals surface area contributed by atoms with E-state index in [9.17, 15) is 4.79 Å². The van der Waals surface area contributed by atoms with Crippen molar-refractivity contribution in [2.24, 2.45) is 0 Å². The van der Waals surface area contributed by atoms with Crippen molar-refractivity contribution in [2.45, 2.75) is 64.7 Å². The van der Waals surface area contributed by atoms with Gasteiger partial charge in [-0.05, 0) is 76.6 Å². The standard InChI is InChI=1S/C24H30N4O2/c1-16-6-7-20-21(15-16)30-26-23(20)18-8-12-27(13-9-18)14-10-19-17(2)25-22-5-3-4-11-28(22)24(19)29/h6-7,15,18H,3-5,8-14H2,1-2H3/i2D3,5D2,15D. The van der Waals surface area contributed by atoms with E-state index in [2.05, 4.69) is 15.0 Å². The Balaban J connectivity index is 1.32. The zero-order valence-electron chi connectivity index (χ0n) is 23.2. The van der Waals surface area contributed by atoms with E-state index >= 15 is 0 Å². The Morgan fingerprint density at radius 3 is 3.00 bits per heavy atom. The summed E-state index contributed by atoms with van der Waals surface area (Å²) in [5, 5.41) is 5.17. The summed E-state index contributed by atoms with van der Waals surface area (Å²) in [6.45, 7) is 1.70. The van der Waals surface area contributed by atoms with Gasteiger partial charge < -0.3 is 9.42 Å². The van der Waals surface area contributed by atoms with Gasteiger partial charge in [0.05, 0.1) is 7.06 Å². The molecule has 0 aliphatic carbocycles. The van der Waals surface area contributed by atoms with Gasteiger partial charge in [-0.2, -0.15) is 0 Å². The summed E-state index contributed by atoms with van der Waals surface area (Å²) >= 11 is 0. The van der Waals surface area contributed by atoms with Crippen LogP contribution in [0.25, 0.3) is 11.0 Å². The van der Waals surface area contributed by atoms with Crippen LogP contribution in [0.5, 0.6) is 0 Å². The first kappa shape index (κ1) is 13.8. The molecule has 0 atom stereocenters. The molecule has 0 amide bonds. The van der Waals surface area contributed by atoms with Crippen molar-refractivity contribution >= 4 is 11.0 Å². The lowest BCUT2D eigenvalue weighted by Crippen LogP contribution is -2.37. The van der Waals surface area contributed by atoms with Crippen molar-refractivity contribution in [3.05, 3.63) is 56.9 Å². The smallest absolute Gasteiger partial charge is 0.256 e. The number of hydrogen-bond acceptors (Lipinski definition) is 5. The van der Waals surface area contributed by atoms with Gasteiger partial charge in [0.25, 0.3) is 5.56 Å². The summed E-state index contributed by atoms with van der Waals surface area (Å²) in [6.07, 6.45) is 0.856. The fourth-order valence-electron chi connectivity index (χ4n) is 4.58. The third-order valence-electron chi connectivity index (χ3n) is 6.32. The number of likely N-dealkylation sites (tertiary alicyclic amines) is 1. The summed E-state index contributed by atoms with van der Waals surface area (Å²) in [5.74, 6) is 0.140. The minimum Gasteiger partial charge on any atom is -0.356 e. The zero-order valence-corrected chi connectivity index (χ0v) is 17.2. The highest BCUT2D eigenvalue weighted by Crippen LogP contribution is 2.32. The molecule has 2 aliphatic rings. The van der Waals surface area contributed by atoms with Gasteiger partial charge in [0.2, 0.25) is 0 Å². The van der Waals surface area contributed by atoms with Crippen molar-refractivity contribution in [1.82, 2.24) is 19.6 Å². The summed E-state index contributed by atoms with van der Waals surface area (Å²) in [6, 6.07) is 4.25. The van der Waals surface area contributed by atoms with Crippen LogP contribution < -0.4 is 5.56 Å². The summed E-state index contributed by atoms with van der Waals surface area (Å²) in [5.41, 5.74) is 1.72. The molecule has 30 heavy (non-hydrogen) atoms. The van der Waals surface area contributed by atoms with Crippen LogP contribution in [0.2, 0.25) is 0 Å². The molecule has 2 aromatic heterocycles. The number of fused-ring (bicyclic) bond motifs is 2. The van der Waals surface area contributed by atoms with Crippen LogP contribution in [0.3, 0.4) is 0 Å². The molecule has 2 aliphatic heterocycles. The molecule has 0 spiro atoms. The summed E-state index contributed by atoms with van der Waals surface area (Å²) in [7, 11) is 0. The fraction of sp³-hybridized carbons (Fsp3) is 0.542. The quantitative estimate of drug-likeness (QED) is 0.653. The Morgan fingerprint density at radius 1 is 1.30 bits per heavy atom. The first-order chi connectivity index (χ1) is 17.0. The van der Waals surface area contributed by atoms with Gasteiger partial charge in [-0.15, -0.1) is 0 Å². The third kappa shape index (κ3) is 3.58. The van der Waals surface area contributed by atoms with E-state index in [1.165, 1.54) is 4.57 Å². The van der Waals surface area contributed by atoms with Crippen molar-refractivity contribution in [2.75, 3.05) is 19.6 Å². The minimum absolute atomic E-state index is 0.0692. The van der Waals surface area contributed by atoms with Gasteiger partial charge in [-0.25, -0.2) is 4.98 Å². The van der Waals surface area contributed by atoms with Gasteiger partial charge >= 0.3 is 0 Å². The first-order valence-electron chi connectivity index (χ1n) is 13.7. The van der Waals surface area contributed by atoms with Crippen LogP contribution in [0.4, 0.5) is 0 Å². The van der Waals surface area contributed by atoms with E-state index in [1.807, 2.05) is 19.1 Å². The van der Waals surface area contributed by atoms with E-state index in [4.69, 9.17) is 12.7 Å². The van der Waals surface area contributed by atoms with Crippen LogP contribution in [0.15, 0.2) is 27.5 Å². The highest BCUT2D eigenvalue weighted by Gasteiger charge is 2.25. The first-order valence-corrected chi connectivity index (χ1v) is 10.7. The molecule has 6 heteroatoms. The molecule has 5 rings (SSSR count). The molecule has 0 N–H and O–H groups in total. The van der Waals surface area contributed by atoms with E-state index in [0.717, 1.165) is 42.6 Å². The number of hydrogen-bond donors (Lipinski definition) is 0. The van der Waals surface area contributed by atoms with Gasteiger partial charge in [0, 0.05) is 48.9 Å².